The fourth-order valence-electron chi connectivity index (χ4n) is 2.93. The van der Waals surface area contributed by atoms with E-state index < -0.39 is 11.5 Å². The van der Waals surface area contributed by atoms with E-state index in [4.69, 9.17) is 0 Å². The van der Waals surface area contributed by atoms with E-state index in [-0.39, 0.29) is 5.82 Å². The third kappa shape index (κ3) is 2.55. The summed E-state index contributed by atoms with van der Waals surface area (Å²) in [7, 11) is 2.03. The van der Waals surface area contributed by atoms with Crippen molar-refractivity contribution in [1.82, 2.24) is 9.80 Å². The maximum atomic E-state index is 13.1. The Morgan fingerprint density at radius 2 is 1.80 bits per heavy atom. The van der Waals surface area contributed by atoms with Crippen molar-refractivity contribution in [2.45, 2.75) is 18.9 Å². The van der Waals surface area contributed by atoms with Gasteiger partial charge in [-0.05, 0) is 31.2 Å². The summed E-state index contributed by atoms with van der Waals surface area (Å²) in [6.07, 6.45) is 0.456. The van der Waals surface area contributed by atoms with Gasteiger partial charge in [-0.3, -0.25) is 4.90 Å². The van der Waals surface area contributed by atoms with E-state index in [1.165, 1.54) is 12.1 Å². The molecule has 0 saturated carbocycles. The SMILES string of the molecule is CCC(C(=O)O)(c1ccc(F)cc1)N1CCN(C)CC1. The van der Waals surface area contributed by atoms with Crippen molar-refractivity contribution in [2.24, 2.45) is 0 Å². The van der Waals surface area contributed by atoms with Crippen LogP contribution in [0, 0.1) is 5.82 Å². The molecule has 1 aliphatic heterocycles. The first kappa shape index (κ1) is 14.9. The van der Waals surface area contributed by atoms with Gasteiger partial charge in [0.25, 0.3) is 0 Å². The smallest absolute Gasteiger partial charge is 0.328 e. The van der Waals surface area contributed by atoms with E-state index in [1.54, 1.807) is 12.1 Å². The van der Waals surface area contributed by atoms with Crippen LogP contribution < -0.4 is 0 Å². The minimum atomic E-state index is -1.06. The molecular formula is C15H21FN2O2. The Bertz CT molecular complexity index is 469. The Morgan fingerprint density at radius 3 is 2.25 bits per heavy atom. The fraction of sp³-hybridized carbons (Fsp3) is 0.533. The summed E-state index contributed by atoms with van der Waals surface area (Å²) in [4.78, 5) is 16.2. The monoisotopic (exact) mass is 280 g/mol. The Kier molecular flexibility index (Phi) is 4.40. The number of carbonyl (C=O) groups is 1. The summed E-state index contributed by atoms with van der Waals surface area (Å²) < 4.78 is 13.1. The summed E-state index contributed by atoms with van der Waals surface area (Å²) in [6, 6.07) is 5.84. The van der Waals surface area contributed by atoms with Crippen molar-refractivity contribution in [3.05, 3.63) is 35.6 Å². The lowest BCUT2D eigenvalue weighted by Crippen LogP contribution is -2.58. The van der Waals surface area contributed by atoms with Crippen LogP contribution in [-0.2, 0) is 10.3 Å². The van der Waals surface area contributed by atoms with Gasteiger partial charge in [-0.15, -0.1) is 0 Å². The Balaban J connectivity index is 2.39. The van der Waals surface area contributed by atoms with Gasteiger partial charge >= 0.3 is 5.97 Å². The molecule has 1 aliphatic rings. The Hall–Kier alpha value is -1.46. The summed E-state index contributed by atoms with van der Waals surface area (Å²) in [5.74, 6) is -1.21. The van der Waals surface area contributed by atoms with Crippen LogP contribution in [0.2, 0.25) is 0 Å². The largest absolute Gasteiger partial charge is 0.480 e. The number of carboxylic acid groups (broad SMARTS) is 1. The molecule has 1 unspecified atom stereocenters. The maximum absolute atomic E-state index is 13.1. The van der Waals surface area contributed by atoms with Gasteiger partial charge < -0.3 is 10.0 Å². The van der Waals surface area contributed by atoms with Crippen LogP contribution >= 0.6 is 0 Å². The van der Waals surface area contributed by atoms with E-state index in [0.29, 0.717) is 25.1 Å². The van der Waals surface area contributed by atoms with E-state index in [1.807, 2.05) is 18.9 Å². The highest BCUT2D eigenvalue weighted by molar-refractivity contribution is 5.80. The predicted molar refractivity (Wildman–Crippen MR) is 75.1 cm³/mol. The van der Waals surface area contributed by atoms with Crippen molar-refractivity contribution in [3.8, 4) is 0 Å². The lowest BCUT2D eigenvalue weighted by molar-refractivity contribution is -0.154. The second-order valence-electron chi connectivity index (χ2n) is 5.32. The molecule has 1 aromatic carbocycles. The van der Waals surface area contributed by atoms with Gasteiger partial charge in [0.1, 0.15) is 11.4 Å². The number of nitrogens with zero attached hydrogens (tertiary/aromatic N) is 2. The van der Waals surface area contributed by atoms with E-state index in [9.17, 15) is 14.3 Å². The normalized spacial score (nSPS) is 20.6. The number of aliphatic carboxylic acids is 1. The van der Waals surface area contributed by atoms with Crippen LogP contribution in [0.4, 0.5) is 4.39 Å². The number of benzene rings is 1. The molecule has 5 heteroatoms. The average molecular weight is 280 g/mol. The summed E-state index contributed by atoms with van der Waals surface area (Å²) in [5, 5.41) is 9.82. The third-order valence-corrected chi connectivity index (χ3v) is 4.23. The van der Waals surface area contributed by atoms with Gasteiger partial charge in [0.15, 0.2) is 0 Å². The molecule has 1 fully saturated rings. The van der Waals surface area contributed by atoms with Gasteiger partial charge in [0.05, 0.1) is 0 Å². The highest BCUT2D eigenvalue weighted by Crippen LogP contribution is 2.33. The molecule has 0 spiro atoms. The first-order valence-electron chi connectivity index (χ1n) is 6.93. The van der Waals surface area contributed by atoms with Gasteiger partial charge in [-0.25, -0.2) is 9.18 Å². The second kappa shape index (κ2) is 5.89. The molecule has 1 atom stereocenters. The van der Waals surface area contributed by atoms with Gasteiger partial charge in [0, 0.05) is 26.2 Å². The van der Waals surface area contributed by atoms with Gasteiger partial charge in [0.2, 0.25) is 0 Å². The number of likely N-dealkylation sites (N-methyl/N-ethyl adjacent to an activating group) is 1. The molecular weight excluding hydrogens is 259 g/mol. The Morgan fingerprint density at radius 1 is 1.25 bits per heavy atom. The van der Waals surface area contributed by atoms with Crippen molar-refractivity contribution < 1.29 is 14.3 Å². The van der Waals surface area contributed by atoms with E-state index in [0.717, 1.165) is 13.1 Å². The second-order valence-corrected chi connectivity index (χ2v) is 5.32. The molecule has 0 bridgehead atoms. The summed E-state index contributed by atoms with van der Waals surface area (Å²) in [5.41, 5.74) is -0.409. The molecule has 1 heterocycles. The lowest BCUT2D eigenvalue weighted by Gasteiger charge is -2.44. The molecule has 0 amide bonds. The fourth-order valence-corrected chi connectivity index (χ4v) is 2.93. The van der Waals surface area contributed by atoms with Crippen LogP contribution in [0.5, 0.6) is 0 Å². The zero-order valence-corrected chi connectivity index (χ0v) is 12.0. The number of piperazine rings is 1. The lowest BCUT2D eigenvalue weighted by atomic mass is 9.84. The van der Waals surface area contributed by atoms with Crippen molar-refractivity contribution in [2.75, 3.05) is 33.2 Å². The average Bonchev–Trinajstić information content (AvgIpc) is 2.43. The number of halogens is 1. The van der Waals surface area contributed by atoms with Crippen molar-refractivity contribution >= 4 is 5.97 Å². The van der Waals surface area contributed by atoms with E-state index >= 15 is 0 Å². The molecule has 0 aliphatic carbocycles. The van der Waals surface area contributed by atoms with Gasteiger partial charge in [-0.1, -0.05) is 19.1 Å². The first-order chi connectivity index (χ1) is 9.50. The molecule has 20 heavy (non-hydrogen) atoms. The maximum Gasteiger partial charge on any atom is 0.328 e. The van der Waals surface area contributed by atoms with Crippen LogP contribution in [0.3, 0.4) is 0 Å². The Labute approximate surface area is 118 Å². The van der Waals surface area contributed by atoms with Crippen molar-refractivity contribution in [1.29, 1.82) is 0 Å². The molecule has 0 radical (unpaired) electrons. The molecule has 1 saturated heterocycles. The summed E-state index contributed by atoms with van der Waals surface area (Å²) >= 11 is 0. The van der Waals surface area contributed by atoms with E-state index in [2.05, 4.69) is 4.90 Å². The molecule has 110 valence electrons. The molecule has 1 N–H and O–H groups in total. The highest BCUT2D eigenvalue weighted by atomic mass is 19.1. The molecule has 0 aromatic heterocycles. The minimum absolute atomic E-state index is 0.345. The van der Waals surface area contributed by atoms with Gasteiger partial charge in [-0.2, -0.15) is 0 Å². The molecule has 2 rings (SSSR count). The molecule has 1 aromatic rings. The van der Waals surface area contributed by atoms with Crippen molar-refractivity contribution in [3.63, 3.8) is 0 Å². The highest BCUT2D eigenvalue weighted by Gasteiger charge is 2.45. The zero-order valence-electron chi connectivity index (χ0n) is 12.0. The number of hydrogen-bond donors (Lipinski definition) is 1. The number of hydrogen-bond acceptors (Lipinski definition) is 3. The minimum Gasteiger partial charge on any atom is -0.480 e. The third-order valence-electron chi connectivity index (χ3n) is 4.23. The van der Waals surface area contributed by atoms with Crippen LogP contribution in [0.1, 0.15) is 18.9 Å². The predicted octanol–water partition coefficient (Wildman–Crippen LogP) is 1.76. The number of carboxylic acids is 1. The topological polar surface area (TPSA) is 43.8 Å². The zero-order chi connectivity index (χ0) is 14.8. The van der Waals surface area contributed by atoms with Crippen LogP contribution in [0.15, 0.2) is 24.3 Å². The standard InChI is InChI=1S/C15H21FN2O2/c1-3-15(14(19)20,12-4-6-13(16)7-5-12)18-10-8-17(2)9-11-18/h4-7H,3,8-11H2,1-2H3,(H,19,20). The van der Waals surface area contributed by atoms with Crippen LogP contribution in [0.25, 0.3) is 0 Å². The summed E-state index contributed by atoms with van der Waals surface area (Å²) in [6.45, 7) is 4.96. The molecule has 4 nitrogen and oxygen atoms in total. The van der Waals surface area contributed by atoms with Crippen LogP contribution in [-0.4, -0.2) is 54.1 Å². The number of rotatable bonds is 4. The first-order valence-corrected chi connectivity index (χ1v) is 6.93. The quantitative estimate of drug-likeness (QED) is 0.913.